The minimum atomic E-state index is -3.40. The van der Waals surface area contributed by atoms with Crippen LogP contribution in [0.25, 0.3) is 0 Å². The van der Waals surface area contributed by atoms with Gasteiger partial charge in [-0.2, -0.15) is 4.31 Å². The van der Waals surface area contributed by atoms with Crippen LogP contribution in [-0.2, 0) is 14.8 Å². The summed E-state index contributed by atoms with van der Waals surface area (Å²) in [6, 6.07) is 6.58. The van der Waals surface area contributed by atoms with Crippen molar-refractivity contribution in [3.05, 3.63) is 30.1 Å². The lowest BCUT2D eigenvalue weighted by molar-refractivity contribution is -0.131. The van der Waals surface area contributed by atoms with Gasteiger partial charge in [0.2, 0.25) is 15.9 Å². The summed E-state index contributed by atoms with van der Waals surface area (Å²) in [4.78, 5) is 16.0. The number of amides is 1. The Kier molecular flexibility index (Phi) is 6.78. The summed E-state index contributed by atoms with van der Waals surface area (Å²) in [5.74, 6) is -0.472. The van der Waals surface area contributed by atoms with Crippen molar-refractivity contribution in [2.45, 2.75) is 19.8 Å². The van der Waals surface area contributed by atoms with Crippen LogP contribution in [0.4, 0.5) is 10.1 Å². The van der Waals surface area contributed by atoms with Gasteiger partial charge in [0.1, 0.15) is 5.82 Å². The number of anilines is 1. The van der Waals surface area contributed by atoms with Crippen molar-refractivity contribution in [1.29, 1.82) is 0 Å². The van der Waals surface area contributed by atoms with Gasteiger partial charge in [0.05, 0.1) is 18.5 Å². The molecule has 8 heteroatoms. The van der Waals surface area contributed by atoms with Gasteiger partial charge in [-0.15, -0.1) is 0 Å². The van der Waals surface area contributed by atoms with Gasteiger partial charge in [-0.1, -0.05) is 25.5 Å². The Morgan fingerprint density at radius 3 is 2.40 bits per heavy atom. The normalized spacial score (nSPS) is 15.7. The van der Waals surface area contributed by atoms with Crippen LogP contribution in [0, 0.1) is 5.82 Å². The van der Waals surface area contributed by atoms with E-state index < -0.39 is 10.0 Å². The second-order valence-electron chi connectivity index (χ2n) is 6.27. The molecular formula is C17H26FN3O3S. The smallest absolute Gasteiger partial charge is 0.238 e. The van der Waals surface area contributed by atoms with E-state index in [-0.39, 0.29) is 18.3 Å². The van der Waals surface area contributed by atoms with E-state index in [2.05, 4.69) is 0 Å². The predicted octanol–water partition coefficient (Wildman–Crippen LogP) is 1.54. The van der Waals surface area contributed by atoms with E-state index in [0.717, 1.165) is 19.1 Å². The third-order valence-electron chi connectivity index (χ3n) is 4.37. The number of rotatable bonds is 7. The van der Waals surface area contributed by atoms with Crippen LogP contribution in [0.5, 0.6) is 0 Å². The Bertz CT molecular complexity index is 688. The number of unbranched alkanes of at least 4 members (excludes halogenated alkanes) is 1. The molecule has 0 spiro atoms. The fourth-order valence-corrected chi connectivity index (χ4v) is 3.66. The van der Waals surface area contributed by atoms with E-state index in [9.17, 15) is 17.6 Å². The summed E-state index contributed by atoms with van der Waals surface area (Å²) < 4.78 is 38.8. The maximum Gasteiger partial charge on any atom is 0.238 e. The molecule has 0 atom stereocenters. The van der Waals surface area contributed by atoms with E-state index in [1.54, 1.807) is 23.1 Å². The fraction of sp³-hybridized carbons (Fsp3) is 0.588. The van der Waals surface area contributed by atoms with Gasteiger partial charge in [0.25, 0.3) is 0 Å². The largest absolute Gasteiger partial charge is 0.366 e. The molecular weight excluding hydrogens is 345 g/mol. The second-order valence-corrected chi connectivity index (χ2v) is 8.25. The molecule has 1 aliphatic rings. The third kappa shape index (κ3) is 5.40. The topological polar surface area (TPSA) is 60.9 Å². The summed E-state index contributed by atoms with van der Waals surface area (Å²) in [7, 11) is -3.40. The molecule has 0 saturated carbocycles. The number of carbonyl (C=O) groups excluding carboxylic acids is 1. The summed E-state index contributed by atoms with van der Waals surface area (Å²) in [5.41, 5.74) is 0.537. The second kappa shape index (κ2) is 8.62. The number of para-hydroxylation sites is 1. The average Bonchev–Trinajstić information content (AvgIpc) is 2.58. The fourth-order valence-electron chi connectivity index (χ4n) is 2.85. The van der Waals surface area contributed by atoms with E-state index in [4.69, 9.17) is 0 Å². The van der Waals surface area contributed by atoms with Gasteiger partial charge < -0.3 is 9.80 Å². The van der Waals surface area contributed by atoms with E-state index in [1.807, 2.05) is 11.8 Å². The lowest BCUT2D eigenvalue weighted by Crippen LogP contribution is -2.52. The standard InChI is InChI=1S/C17H26FN3O3S/c1-3-4-9-21(25(2,23)24)14-17(22)20-12-10-19(11-13-20)16-8-6-5-7-15(16)18/h5-8H,3-4,9-14H2,1-2H3. The number of hydrogen-bond acceptors (Lipinski definition) is 4. The Labute approximate surface area is 149 Å². The highest BCUT2D eigenvalue weighted by atomic mass is 32.2. The number of benzene rings is 1. The summed E-state index contributed by atoms with van der Waals surface area (Å²) in [6.45, 7) is 4.18. The predicted molar refractivity (Wildman–Crippen MR) is 96.5 cm³/mol. The molecule has 1 aliphatic heterocycles. The van der Waals surface area contributed by atoms with Crippen molar-refractivity contribution in [3.63, 3.8) is 0 Å². The molecule has 1 heterocycles. The number of nitrogens with zero attached hydrogens (tertiary/aromatic N) is 3. The molecule has 2 rings (SSSR count). The molecule has 0 bridgehead atoms. The first-order valence-electron chi connectivity index (χ1n) is 8.55. The maximum absolute atomic E-state index is 13.9. The molecule has 0 aliphatic carbocycles. The lowest BCUT2D eigenvalue weighted by atomic mass is 10.2. The molecule has 140 valence electrons. The van der Waals surface area contributed by atoms with Gasteiger partial charge in [-0.05, 0) is 18.6 Å². The van der Waals surface area contributed by atoms with Crippen LogP contribution in [0.2, 0.25) is 0 Å². The monoisotopic (exact) mass is 371 g/mol. The Morgan fingerprint density at radius 1 is 1.20 bits per heavy atom. The van der Waals surface area contributed by atoms with Gasteiger partial charge in [0.15, 0.2) is 0 Å². The maximum atomic E-state index is 13.9. The quantitative estimate of drug-likeness (QED) is 0.729. The number of piperazine rings is 1. The molecule has 25 heavy (non-hydrogen) atoms. The van der Waals surface area contributed by atoms with Gasteiger partial charge in [-0.25, -0.2) is 12.8 Å². The molecule has 0 unspecified atom stereocenters. The first-order valence-corrected chi connectivity index (χ1v) is 10.4. The molecule has 0 N–H and O–H groups in total. The van der Waals surface area contributed by atoms with Crippen molar-refractivity contribution >= 4 is 21.6 Å². The molecule has 1 aromatic rings. The van der Waals surface area contributed by atoms with Crippen molar-refractivity contribution in [2.75, 3.05) is 50.4 Å². The van der Waals surface area contributed by atoms with Crippen molar-refractivity contribution in [3.8, 4) is 0 Å². The molecule has 0 radical (unpaired) electrons. The average molecular weight is 371 g/mol. The van der Waals surface area contributed by atoms with Crippen LogP contribution < -0.4 is 4.90 Å². The number of halogens is 1. The van der Waals surface area contributed by atoms with Gasteiger partial charge in [0, 0.05) is 32.7 Å². The minimum absolute atomic E-state index is 0.126. The van der Waals surface area contributed by atoms with Crippen LogP contribution >= 0.6 is 0 Å². The number of carbonyl (C=O) groups is 1. The van der Waals surface area contributed by atoms with Crippen molar-refractivity contribution in [2.24, 2.45) is 0 Å². The molecule has 1 saturated heterocycles. The molecule has 1 amide bonds. The highest BCUT2D eigenvalue weighted by Crippen LogP contribution is 2.20. The zero-order chi connectivity index (χ0) is 18.4. The van der Waals surface area contributed by atoms with Crippen molar-refractivity contribution < 1.29 is 17.6 Å². The first kappa shape index (κ1) is 19.7. The van der Waals surface area contributed by atoms with Gasteiger partial charge >= 0.3 is 0 Å². The summed E-state index contributed by atoms with van der Waals surface area (Å²) in [5, 5.41) is 0. The Morgan fingerprint density at radius 2 is 1.84 bits per heavy atom. The Balaban J connectivity index is 1.93. The van der Waals surface area contributed by atoms with Crippen molar-refractivity contribution in [1.82, 2.24) is 9.21 Å². The SMILES string of the molecule is CCCCN(CC(=O)N1CCN(c2ccccc2F)CC1)S(C)(=O)=O. The first-order chi connectivity index (χ1) is 11.8. The summed E-state index contributed by atoms with van der Waals surface area (Å²) >= 11 is 0. The zero-order valence-electron chi connectivity index (χ0n) is 14.8. The minimum Gasteiger partial charge on any atom is -0.366 e. The van der Waals surface area contributed by atoms with E-state index in [1.165, 1.54) is 10.4 Å². The molecule has 0 aromatic heterocycles. The molecule has 1 aromatic carbocycles. The Hall–Kier alpha value is -1.67. The van der Waals surface area contributed by atoms with Gasteiger partial charge in [-0.3, -0.25) is 4.79 Å². The molecule has 6 nitrogen and oxygen atoms in total. The van der Waals surface area contributed by atoms with Crippen LogP contribution in [0.15, 0.2) is 24.3 Å². The van der Waals surface area contributed by atoms with Crippen LogP contribution in [0.1, 0.15) is 19.8 Å². The van der Waals surface area contributed by atoms with Crippen LogP contribution in [0.3, 0.4) is 0 Å². The number of hydrogen-bond donors (Lipinski definition) is 0. The number of sulfonamides is 1. The summed E-state index contributed by atoms with van der Waals surface area (Å²) in [6.07, 6.45) is 2.72. The molecule has 1 fully saturated rings. The zero-order valence-corrected chi connectivity index (χ0v) is 15.6. The highest BCUT2D eigenvalue weighted by Gasteiger charge is 2.26. The van der Waals surface area contributed by atoms with E-state index >= 15 is 0 Å². The lowest BCUT2D eigenvalue weighted by Gasteiger charge is -2.37. The third-order valence-corrected chi connectivity index (χ3v) is 5.62. The highest BCUT2D eigenvalue weighted by molar-refractivity contribution is 7.88. The van der Waals surface area contributed by atoms with E-state index in [0.29, 0.717) is 38.4 Å². The van der Waals surface area contributed by atoms with Crippen LogP contribution in [-0.4, -0.2) is 69.1 Å².